The van der Waals surface area contributed by atoms with Gasteiger partial charge in [-0.1, -0.05) is 91.0 Å². The highest BCUT2D eigenvalue weighted by Gasteiger charge is 2.65. The Hall–Kier alpha value is -3.07. The molecule has 2 aliphatic rings. The molecule has 0 amide bonds. The molecule has 2 saturated heterocycles. The predicted molar refractivity (Wildman–Crippen MR) is 130 cm³/mol. The zero-order valence-electron chi connectivity index (χ0n) is 19.9. The van der Waals surface area contributed by atoms with Crippen molar-refractivity contribution in [2.45, 2.75) is 56.4 Å². The van der Waals surface area contributed by atoms with Crippen molar-refractivity contribution in [2.24, 2.45) is 0 Å². The molecule has 5 rings (SSSR count). The highest BCUT2D eigenvalue weighted by Crippen LogP contribution is 2.45. The number of esters is 1. The van der Waals surface area contributed by atoms with E-state index in [0.29, 0.717) is 13.2 Å². The van der Waals surface area contributed by atoms with E-state index < -0.39 is 36.2 Å². The largest absolute Gasteiger partial charge is 0.432 e. The van der Waals surface area contributed by atoms with Gasteiger partial charge in [-0.2, -0.15) is 0 Å². The Kier molecular flexibility index (Phi) is 7.75. The minimum Gasteiger partial charge on any atom is -0.432 e. The third-order valence-electron chi connectivity index (χ3n) is 6.55. The second-order valence-electron chi connectivity index (χ2n) is 9.11. The van der Waals surface area contributed by atoms with Crippen LogP contribution in [-0.2, 0) is 48.3 Å². The van der Waals surface area contributed by atoms with Gasteiger partial charge < -0.3 is 28.8 Å². The molecule has 0 aromatic heterocycles. The first-order chi connectivity index (χ1) is 17.6. The summed E-state index contributed by atoms with van der Waals surface area (Å²) in [6.45, 7) is 1.17. The summed E-state index contributed by atoms with van der Waals surface area (Å²) in [6, 6.07) is 29.3. The van der Waals surface area contributed by atoms with Crippen molar-refractivity contribution in [3.63, 3.8) is 0 Å². The summed E-state index contributed by atoms with van der Waals surface area (Å²) in [5, 5.41) is 10.8. The normalized spacial score (nSPS) is 27.4. The molecule has 0 radical (unpaired) electrons. The highest BCUT2D eigenvalue weighted by molar-refractivity contribution is 5.74. The Balaban J connectivity index is 1.37. The Morgan fingerprint density at radius 1 is 0.778 bits per heavy atom. The van der Waals surface area contributed by atoms with Crippen LogP contribution in [0.4, 0.5) is 0 Å². The van der Waals surface area contributed by atoms with E-state index in [2.05, 4.69) is 0 Å². The maximum atomic E-state index is 12.2. The summed E-state index contributed by atoms with van der Waals surface area (Å²) in [5.74, 6) is -0.538. The number of hydrogen-bond donors (Lipinski definition) is 1. The fourth-order valence-corrected chi connectivity index (χ4v) is 4.76. The van der Waals surface area contributed by atoms with Gasteiger partial charge in [-0.05, 0) is 16.7 Å². The smallest absolute Gasteiger partial charge is 0.311 e. The summed E-state index contributed by atoms with van der Waals surface area (Å²) in [6.07, 6.45) is -3.54. The van der Waals surface area contributed by atoms with Crippen LogP contribution < -0.4 is 0 Å². The van der Waals surface area contributed by atoms with Crippen molar-refractivity contribution in [1.29, 1.82) is 0 Å². The lowest BCUT2D eigenvalue weighted by Crippen LogP contribution is -2.51. The van der Waals surface area contributed by atoms with Gasteiger partial charge in [0.05, 0.1) is 32.8 Å². The van der Waals surface area contributed by atoms with Crippen LogP contribution in [0.1, 0.15) is 23.1 Å². The SMILES string of the molecule is O=C1C[C@@]2(O[C@H](COCc3ccccc3)[C@H](OCc3ccccc3)[C@@H]2OCc2ccccc2)C(O)O1. The van der Waals surface area contributed by atoms with Gasteiger partial charge in [0.2, 0.25) is 6.29 Å². The van der Waals surface area contributed by atoms with Crippen molar-refractivity contribution < 1.29 is 33.6 Å². The molecule has 7 nitrogen and oxygen atoms in total. The minimum absolute atomic E-state index is 0.131. The third-order valence-corrected chi connectivity index (χ3v) is 6.55. The fourth-order valence-electron chi connectivity index (χ4n) is 4.76. The van der Waals surface area contributed by atoms with Crippen LogP contribution in [0.2, 0.25) is 0 Å². The van der Waals surface area contributed by atoms with Crippen LogP contribution in [-0.4, -0.2) is 47.9 Å². The summed E-state index contributed by atoms with van der Waals surface area (Å²) in [5.41, 5.74) is 1.60. The monoisotopic (exact) mass is 490 g/mol. The Bertz CT molecular complexity index is 1110. The molecule has 0 saturated carbocycles. The van der Waals surface area contributed by atoms with E-state index in [-0.39, 0.29) is 19.6 Å². The third kappa shape index (κ3) is 5.51. The van der Waals surface area contributed by atoms with Crippen molar-refractivity contribution in [3.05, 3.63) is 108 Å². The maximum Gasteiger partial charge on any atom is 0.311 e. The van der Waals surface area contributed by atoms with Crippen LogP contribution in [0.25, 0.3) is 0 Å². The molecule has 3 aromatic carbocycles. The fraction of sp³-hybridized carbons (Fsp3) is 0.345. The zero-order chi connectivity index (χ0) is 24.8. The lowest BCUT2D eigenvalue weighted by molar-refractivity contribution is -0.213. The number of rotatable bonds is 10. The lowest BCUT2D eigenvalue weighted by Gasteiger charge is -2.31. The van der Waals surface area contributed by atoms with E-state index in [0.717, 1.165) is 16.7 Å². The predicted octanol–water partition coefficient (Wildman–Crippen LogP) is 3.78. The van der Waals surface area contributed by atoms with Gasteiger partial charge in [-0.15, -0.1) is 0 Å². The summed E-state index contributed by atoms with van der Waals surface area (Å²) < 4.78 is 30.2. The molecule has 1 unspecified atom stereocenters. The Morgan fingerprint density at radius 3 is 1.83 bits per heavy atom. The number of carbonyl (C=O) groups is 1. The van der Waals surface area contributed by atoms with Crippen molar-refractivity contribution in [1.82, 2.24) is 0 Å². The number of ether oxygens (including phenoxy) is 5. The van der Waals surface area contributed by atoms with E-state index in [1.165, 1.54) is 0 Å². The van der Waals surface area contributed by atoms with Crippen molar-refractivity contribution in [3.8, 4) is 0 Å². The zero-order valence-corrected chi connectivity index (χ0v) is 19.9. The number of aliphatic hydroxyl groups excluding tert-OH is 1. The molecule has 1 spiro atoms. The van der Waals surface area contributed by atoms with Gasteiger partial charge >= 0.3 is 5.97 Å². The quantitative estimate of drug-likeness (QED) is 0.433. The van der Waals surface area contributed by atoms with Crippen LogP contribution in [0.3, 0.4) is 0 Å². The van der Waals surface area contributed by atoms with Gasteiger partial charge in [0.15, 0.2) is 5.60 Å². The Morgan fingerprint density at radius 2 is 1.31 bits per heavy atom. The van der Waals surface area contributed by atoms with Gasteiger partial charge in [0.1, 0.15) is 18.3 Å². The summed E-state index contributed by atoms with van der Waals surface area (Å²) >= 11 is 0. The molecule has 3 aromatic rings. The molecule has 2 fully saturated rings. The van der Waals surface area contributed by atoms with Gasteiger partial charge in [-0.25, -0.2) is 0 Å². The first kappa shape index (κ1) is 24.6. The second-order valence-corrected chi connectivity index (χ2v) is 9.11. The van der Waals surface area contributed by atoms with Crippen molar-refractivity contribution >= 4 is 5.97 Å². The van der Waals surface area contributed by atoms with E-state index in [9.17, 15) is 9.90 Å². The van der Waals surface area contributed by atoms with E-state index >= 15 is 0 Å². The number of benzene rings is 3. The molecule has 188 valence electrons. The van der Waals surface area contributed by atoms with E-state index in [4.69, 9.17) is 23.7 Å². The highest BCUT2D eigenvalue weighted by atomic mass is 16.7. The first-order valence-corrected chi connectivity index (χ1v) is 12.1. The summed E-state index contributed by atoms with van der Waals surface area (Å²) in [7, 11) is 0. The molecule has 2 aliphatic heterocycles. The van der Waals surface area contributed by atoms with Crippen LogP contribution in [0.5, 0.6) is 0 Å². The van der Waals surface area contributed by atoms with Gasteiger partial charge in [0, 0.05) is 0 Å². The second kappa shape index (κ2) is 11.3. The molecule has 36 heavy (non-hydrogen) atoms. The Labute approximate surface area is 210 Å². The molecule has 0 aliphatic carbocycles. The van der Waals surface area contributed by atoms with E-state index in [1.54, 1.807) is 0 Å². The number of aliphatic hydroxyl groups is 1. The number of carbonyl (C=O) groups excluding carboxylic acids is 1. The lowest BCUT2D eigenvalue weighted by atomic mass is 9.91. The standard InChI is InChI=1S/C29H30O7/c30-25-16-29(28(31)35-25)27(34-19-23-14-8-3-9-15-23)26(33-18-22-12-6-2-7-13-22)24(36-29)20-32-17-21-10-4-1-5-11-21/h1-15,24,26-28,31H,16-20H2/t24-,26+,27+,28?,29+/m1/s1. The molecular weight excluding hydrogens is 460 g/mol. The molecular formula is C29H30O7. The first-order valence-electron chi connectivity index (χ1n) is 12.1. The molecule has 7 heteroatoms. The van der Waals surface area contributed by atoms with E-state index in [1.807, 2.05) is 91.0 Å². The summed E-state index contributed by atoms with van der Waals surface area (Å²) in [4.78, 5) is 12.2. The average molecular weight is 491 g/mol. The topological polar surface area (TPSA) is 83.5 Å². The molecule has 1 N–H and O–H groups in total. The maximum absolute atomic E-state index is 12.2. The number of cyclic esters (lactones) is 1. The van der Waals surface area contributed by atoms with Crippen molar-refractivity contribution in [2.75, 3.05) is 6.61 Å². The number of hydrogen-bond acceptors (Lipinski definition) is 7. The van der Waals surface area contributed by atoms with Crippen LogP contribution in [0, 0.1) is 0 Å². The molecule has 5 atom stereocenters. The van der Waals surface area contributed by atoms with Crippen LogP contribution >= 0.6 is 0 Å². The molecule has 2 heterocycles. The van der Waals surface area contributed by atoms with Gasteiger partial charge in [-0.3, -0.25) is 4.79 Å². The average Bonchev–Trinajstić information content (AvgIpc) is 3.36. The van der Waals surface area contributed by atoms with Gasteiger partial charge in [0.25, 0.3) is 0 Å². The van der Waals surface area contributed by atoms with Crippen LogP contribution in [0.15, 0.2) is 91.0 Å². The minimum atomic E-state index is -1.47. The molecule has 0 bridgehead atoms.